The zero-order chi connectivity index (χ0) is 27.8. The van der Waals surface area contributed by atoms with Crippen molar-refractivity contribution in [2.24, 2.45) is 0 Å². The summed E-state index contributed by atoms with van der Waals surface area (Å²) < 4.78 is 22.1. The van der Waals surface area contributed by atoms with Gasteiger partial charge in [0.05, 0.1) is 39.5 Å². The topological polar surface area (TPSA) is 127 Å². The SMILES string of the molecule is COc1cc(OC)c(C)c(C2=Cc3cnc(N[C@@H]4COC[C@@H]4NC(=O)OC(C)(C)C)nc3N(C)C2O)c1C. The molecule has 2 aliphatic heterocycles. The van der Waals surface area contributed by atoms with Gasteiger partial charge in [-0.3, -0.25) is 0 Å². The van der Waals surface area contributed by atoms with Gasteiger partial charge in [-0.25, -0.2) is 9.78 Å². The number of anilines is 2. The number of hydrogen-bond acceptors (Lipinski definition) is 10. The van der Waals surface area contributed by atoms with Gasteiger partial charge in [0.15, 0.2) is 6.23 Å². The van der Waals surface area contributed by atoms with E-state index in [1.165, 1.54) is 0 Å². The van der Waals surface area contributed by atoms with Crippen molar-refractivity contribution in [2.75, 3.05) is 44.7 Å². The van der Waals surface area contributed by atoms with Gasteiger partial charge in [-0.05, 0) is 57.4 Å². The fraction of sp³-hybridized carbons (Fsp3) is 0.519. The van der Waals surface area contributed by atoms with Crippen molar-refractivity contribution in [3.05, 3.63) is 34.5 Å². The third kappa shape index (κ3) is 5.48. The van der Waals surface area contributed by atoms with E-state index in [1.807, 2.05) is 46.8 Å². The van der Waals surface area contributed by atoms with E-state index in [2.05, 4.69) is 20.6 Å². The summed E-state index contributed by atoms with van der Waals surface area (Å²) in [5, 5.41) is 17.4. The highest BCUT2D eigenvalue weighted by molar-refractivity contribution is 5.93. The summed E-state index contributed by atoms with van der Waals surface area (Å²) in [5.74, 6) is 2.28. The highest BCUT2D eigenvalue weighted by Crippen LogP contribution is 2.42. The fourth-order valence-corrected chi connectivity index (χ4v) is 4.79. The molecule has 0 aliphatic carbocycles. The van der Waals surface area contributed by atoms with Gasteiger partial charge in [-0.2, -0.15) is 4.98 Å². The summed E-state index contributed by atoms with van der Waals surface area (Å²) in [6.07, 6.45) is 2.13. The molecule has 4 rings (SSSR count). The number of nitrogens with one attached hydrogen (secondary N) is 2. The Kier molecular flexibility index (Phi) is 7.70. The van der Waals surface area contributed by atoms with E-state index in [0.29, 0.717) is 42.1 Å². The van der Waals surface area contributed by atoms with Gasteiger partial charge >= 0.3 is 6.09 Å². The first-order chi connectivity index (χ1) is 17.9. The number of amides is 1. The molecule has 1 aromatic heterocycles. The Morgan fingerprint density at radius 1 is 1.13 bits per heavy atom. The molecule has 11 nitrogen and oxygen atoms in total. The molecule has 0 spiro atoms. The van der Waals surface area contributed by atoms with E-state index in [4.69, 9.17) is 18.9 Å². The van der Waals surface area contributed by atoms with Crippen molar-refractivity contribution in [3.8, 4) is 11.5 Å². The first-order valence-corrected chi connectivity index (χ1v) is 12.5. The Labute approximate surface area is 223 Å². The molecule has 0 saturated carbocycles. The normalized spacial score (nSPS) is 20.9. The molecular weight excluding hydrogens is 490 g/mol. The summed E-state index contributed by atoms with van der Waals surface area (Å²) in [4.78, 5) is 23.1. The maximum absolute atomic E-state index is 12.3. The molecule has 38 heavy (non-hydrogen) atoms. The van der Waals surface area contributed by atoms with Gasteiger partial charge in [0.1, 0.15) is 22.9 Å². The van der Waals surface area contributed by atoms with E-state index in [9.17, 15) is 9.90 Å². The molecule has 0 radical (unpaired) electrons. The summed E-state index contributed by atoms with van der Waals surface area (Å²) in [6, 6.07) is 1.29. The first-order valence-electron chi connectivity index (χ1n) is 12.5. The smallest absolute Gasteiger partial charge is 0.408 e. The molecule has 1 unspecified atom stereocenters. The van der Waals surface area contributed by atoms with Crippen LogP contribution in [0, 0.1) is 13.8 Å². The highest BCUT2D eigenvalue weighted by Gasteiger charge is 2.33. The molecule has 11 heteroatoms. The predicted octanol–water partition coefficient (Wildman–Crippen LogP) is 3.12. The number of carbonyl (C=O) groups is 1. The number of rotatable bonds is 6. The van der Waals surface area contributed by atoms with E-state index < -0.39 is 17.9 Å². The van der Waals surface area contributed by atoms with Crippen LogP contribution in [0.5, 0.6) is 11.5 Å². The third-order valence-corrected chi connectivity index (χ3v) is 6.66. The molecule has 3 N–H and O–H groups in total. The van der Waals surface area contributed by atoms with Crippen molar-refractivity contribution in [1.82, 2.24) is 15.3 Å². The number of benzene rings is 1. The van der Waals surface area contributed by atoms with E-state index in [1.54, 1.807) is 32.4 Å². The van der Waals surface area contributed by atoms with Crippen LogP contribution in [0.15, 0.2) is 12.3 Å². The fourth-order valence-electron chi connectivity index (χ4n) is 4.79. The zero-order valence-corrected chi connectivity index (χ0v) is 23.2. The maximum Gasteiger partial charge on any atom is 0.408 e. The van der Waals surface area contributed by atoms with Crippen molar-refractivity contribution in [2.45, 2.75) is 58.5 Å². The van der Waals surface area contributed by atoms with Crippen LogP contribution >= 0.6 is 0 Å². The van der Waals surface area contributed by atoms with Crippen LogP contribution in [0.25, 0.3) is 11.6 Å². The molecule has 206 valence electrons. The number of ether oxygens (including phenoxy) is 4. The van der Waals surface area contributed by atoms with Gasteiger partial charge in [-0.1, -0.05) is 0 Å². The van der Waals surface area contributed by atoms with E-state index in [0.717, 1.165) is 22.3 Å². The maximum atomic E-state index is 12.3. The molecular formula is C27H37N5O6. The lowest BCUT2D eigenvalue weighted by molar-refractivity contribution is 0.0497. The molecule has 3 atom stereocenters. The Hall–Kier alpha value is -3.57. The molecule has 0 bridgehead atoms. The first kappa shape index (κ1) is 27.5. The number of carbonyl (C=O) groups excluding carboxylic acids is 1. The lowest BCUT2D eigenvalue weighted by Crippen LogP contribution is -2.47. The van der Waals surface area contributed by atoms with Crippen LogP contribution in [-0.2, 0) is 9.47 Å². The molecule has 1 amide bonds. The van der Waals surface area contributed by atoms with Crippen molar-refractivity contribution in [3.63, 3.8) is 0 Å². The molecule has 1 aromatic carbocycles. The monoisotopic (exact) mass is 527 g/mol. The lowest BCUT2D eigenvalue weighted by Gasteiger charge is -2.34. The second kappa shape index (κ2) is 10.7. The Balaban J connectivity index is 1.61. The number of aromatic nitrogens is 2. The van der Waals surface area contributed by atoms with Crippen molar-refractivity contribution in [1.29, 1.82) is 0 Å². The van der Waals surface area contributed by atoms with Gasteiger partial charge in [0.25, 0.3) is 0 Å². The average molecular weight is 528 g/mol. The van der Waals surface area contributed by atoms with Crippen LogP contribution in [-0.4, -0.2) is 79.6 Å². The Bertz CT molecular complexity index is 1210. The van der Waals surface area contributed by atoms with Crippen LogP contribution in [0.4, 0.5) is 16.6 Å². The van der Waals surface area contributed by atoms with Crippen LogP contribution in [0.2, 0.25) is 0 Å². The second-order valence-electron chi connectivity index (χ2n) is 10.5. The number of aliphatic hydroxyl groups excluding tert-OH is 1. The van der Waals surface area contributed by atoms with Crippen LogP contribution in [0.3, 0.4) is 0 Å². The van der Waals surface area contributed by atoms with Gasteiger partial charge in [-0.15, -0.1) is 0 Å². The zero-order valence-electron chi connectivity index (χ0n) is 23.2. The summed E-state index contributed by atoms with van der Waals surface area (Å²) in [5.41, 5.74) is 3.51. The van der Waals surface area contributed by atoms with Crippen LogP contribution < -0.4 is 25.0 Å². The number of alkyl carbamates (subject to hydrolysis) is 1. The molecule has 2 aromatic rings. The van der Waals surface area contributed by atoms with Gasteiger partial charge in [0, 0.05) is 30.4 Å². The molecule has 3 heterocycles. The molecule has 1 saturated heterocycles. The van der Waals surface area contributed by atoms with E-state index >= 15 is 0 Å². The molecule has 2 aliphatic rings. The highest BCUT2D eigenvalue weighted by atomic mass is 16.6. The second-order valence-corrected chi connectivity index (χ2v) is 10.5. The largest absolute Gasteiger partial charge is 0.496 e. The Morgan fingerprint density at radius 3 is 2.37 bits per heavy atom. The van der Waals surface area contributed by atoms with Gasteiger partial charge in [0.2, 0.25) is 5.95 Å². The standard InChI is InChI=1S/C27H37N5O6/c1-14-20(35-7)10-21(36-8)15(2)22(14)17-9-16-11-28-25(31-23(16)32(6)24(17)33)29-18-12-37-13-19(18)30-26(34)38-27(3,4)5/h9-11,18-19,24,33H,12-13H2,1-8H3,(H,30,34)(H,28,29,31)/t18-,19+,24?/m1/s1. The average Bonchev–Trinajstić information content (AvgIpc) is 3.27. The number of hydrogen-bond donors (Lipinski definition) is 3. The number of nitrogens with zero attached hydrogens (tertiary/aromatic N) is 3. The van der Waals surface area contributed by atoms with Gasteiger partial charge < -0.3 is 39.6 Å². The Morgan fingerprint density at radius 2 is 1.76 bits per heavy atom. The summed E-state index contributed by atoms with van der Waals surface area (Å²) >= 11 is 0. The predicted molar refractivity (Wildman–Crippen MR) is 145 cm³/mol. The quantitative estimate of drug-likeness (QED) is 0.516. The minimum absolute atomic E-state index is 0.250. The number of methoxy groups -OCH3 is 2. The van der Waals surface area contributed by atoms with E-state index in [-0.39, 0.29) is 12.1 Å². The third-order valence-electron chi connectivity index (χ3n) is 6.66. The minimum atomic E-state index is -0.962. The summed E-state index contributed by atoms with van der Waals surface area (Å²) in [6.45, 7) is 10.1. The lowest BCUT2D eigenvalue weighted by atomic mass is 9.90. The van der Waals surface area contributed by atoms with Crippen molar-refractivity contribution < 1.29 is 28.8 Å². The number of fused-ring (bicyclic) bond motifs is 1. The molecule has 1 fully saturated rings. The minimum Gasteiger partial charge on any atom is -0.496 e. The number of aliphatic hydroxyl groups is 1. The summed E-state index contributed by atoms with van der Waals surface area (Å²) in [7, 11) is 5.00. The van der Waals surface area contributed by atoms with Crippen LogP contribution in [0.1, 0.15) is 43.0 Å². The van der Waals surface area contributed by atoms with Crippen molar-refractivity contribution >= 4 is 29.5 Å². The number of likely N-dealkylation sites (N-methyl/N-ethyl adjacent to an activating group) is 1.